The highest BCUT2D eigenvalue weighted by Gasteiger charge is 2.16. The average Bonchev–Trinajstić information content (AvgIpc) is 2.81. The molecule has 1 aliphatic rings. The number of nitrogens with zero attached hydrogens (tertiary/aromatic N) is 3. The van der Waals surface area contributed by atoms with Crippen molar-refractivity contribution in [2.75, 3.05) is 17.8 Å². The Morgan fingerprint density at radius 3 is 2.06 bits per heavy atom. The van der Waals surface area contributed by atoms with Crippen LogP contribution in [0, 0.1) is 0 Å². The first-order valence-electron chi connectivity index (χ1n) is 5.42. The van der Waals surface area contributed by atoms with Gasteiger partial charge in [-0.15, -0.1) is 0 Å². The fourth-order valence-electron chi connectivity index (χ4n) is 1.84. The van der Waals surface area contributed by atoms with Crippen LogP contribution in [0.25, 0.3) is 0 Å². The van der Waals surface area contributed by atoms with E-state index in [1.165, 1.54) is 25.7 Å². The number of hydrogen-bond donors (Lipinski definition) is 1. The van der Waals surface area contributed by atoms with Crippen molar-refractivity contribution < 1.29 is 0 Å². The first-order chi connectivity index (χ1) is 7.81. The summed E-state index contributed by atoms with van der Waals surface area (Å²) in [6.45, 7) is 0. The van der Waals surface area contributed by atoms with Crippen LogP contribution in [0.15, 0.2) is 10.3 Å². The Bertz CT molecular complexity index is 330. The smallest absolute Gasteiger partial charge is 0.227 e. The lowest BCUT2D eigenvalue weighted by atomic mass is 10.3. The Morgan fingerprint density at radius 2 is 1.56 bits per heavy atom. The molecule has 16 heavy (non-hydrogen) atoms. The lowest BCUT2D eigenvalue weighted by Gasteiger charge is -2.12. The van der Waals surface area contributed by atoms with Gasteiger partial charge >= 0.3 is 0 Å². The monoisotopic (exact) mass is 256 g/mol. The van der Waals surface area contributed by atoms with Crippen LogP contribution in [0.5, 0.6) is 0 Å². The highest BCUT2D eigenvalue weighted by molar-refractivity contribution is 7.99. The maximum Gasteiger partial charge on any atom is 0.227 e. The zero-order valence-electron chi connectivity index (χ0n) is 9.56. The van der Waals surface area contributed by atoms with Gasteiger partial charge in [-0.05, 0) is 25.4 Å². The zero-order chi connectivity index (χ0) is 11.4. The van der Waals surface area contributed by atoms with E-state index in [-0.39, 0.29) is 0 Å². The second-order valence-corrected chi connectivity index (χ2v) is 5.30. The van der Waals surface area contributed by atoms with Gasteiger partial charge in [-0.3, -0.25) is 0 Å². The van der Waals surface area contributed by atoms with Crippen molar-refractivity contribution in [3.63, 3.8) is 0 Å². The fraction of sp³-hybridized carbons (Fsp3) is 0.700. The van der Waals surface area contributed by atoms with Gasteiger partial charge in [0.2, 0.25) is 5.95 Å². The Kier molecular flexibility index (Phi) is 4.29. The molecule has 0 bridgehead atoms. The summed E-state index contributed by atoms with van der Waals surface area (Å²) in [6, 6.07) is 0.548. The van der Waals surface area contributed by atoms with Crippen LogP contribution in [-0.2, 0) is 0 Å². The first-order valence-corrected chi connectivity index (χ1v) is 7.87. The molecule has 0 saturated heterocycles. The molecule has 0 unspecified atom stereocenters. The fourth-order valence-corrected chi connectivity index (χ4v) is 2.61. The molecule has 1 aromatic heterocycles. The molecule has 88 valence electrons. The van der Waals surface area contributed by atoms with Crippen LogP contribution in [0.2, 0.25) is 0 Å². The van der Waals surface area contributed by atoms with Gasteiger partial charge in [-0.25, -0.2) is 0 Å². The quantitative estimate of drug-likeness (QED) is 0.836. The van der Waals surface area contributed by atoms with Gasteiger partial charge in [0, 0.05) is 6.04 Å². The third-order valence-electron chi connectivity index (χ3n) is 2.65. The highest BCUT2D eigenvalue weighted by Crippen LogP contribution is 2.22. The third kappa shape index (κ3) is 3.01. The number of aromatic nitrogens is 3. The van der Waals surface area contributed by atoms with E-state index in [1.807, 2.05) is 12.5 Å². The number of rotatable bonds is 4. The number of thioether (sulfide) groups is 2. The van der Waals surface area contributed by atoms with Gasteiger partial charge in [0.05, 0.1) is 0 Å². The molecule has 1 aliphatic carbocycles. The molecule has 0 radical (unpaired) electrons. The van der Waals surface area contributed by atoms with Crippen LogP contribution < -0.4 is 5.32 Å². The minimum Gasteiger partial charge on any atom is -0.351 e. The minimum absolute atomic E-state index is 0.548. The number of hydrogen-bond acceptors (Lipinski definition) is 6. The number of nitrogens with one attached hydrogen (secondary N) is 1. The van der Waals surface area contributed by atoms with Crippen molar-refractivity contribution in [2.45, 2.75) is 42.0 Å². The van der Waals surface area contributed by atoms with Crippen molar-refractivity contribution in [1.29, 1.82) is 0 Å². The van der Waals surface area contributed by atoms with Crippen LogP contribution in [0.4, 0.5) is 5.95 Å². The summed E-state index contributed by atoms with van der Waals surface area (Å²) in [4.78, 5) is 13.1. The second kappa shape index (κ2) is 5.72. The van der Waals surface area contributed by atoms with Crippen molar-refractivity contribution in [3.8, 4) is 0 Å². The first kappa shape index (κ1) is 12.0. The van der Waals surface area contributed by atoms with Gasteiger partial charge in [0.1, 0.15) is 0 Å². The standard InChI is InChI=1S/C10H16N4S2/c1-15-9-12-8(13-10(14-9)16-2)11-7-5-3-4-6-7/h7H,3-6H2,1-2H3,(H,11,12,13,14). The van der Waals surface area contributed by atoms with Crippen molar-refractivity contribution in [3.05, 3.63) is 0 Å². The molecule has 2 rings (SSSR count). The Labute approximate surface area is 104 Å². The summed E-state index contributed by atoms with van der Waals surface area (Å²) in [5.41, 5.74) is 0. The van der Waals surface area contributed by atoms with E-state index in [4.69, 9.17) is 0 Å². The Morgan fingerprint density at radius 1 is 1.00 bits per heavy atom. The van der Waals surface area contributed by atoms with E-state index in [1.54, 1.807) is 23.5 Å². The van der Waals surface area contributed by atoms with Gasteiger partial charge in [0.25, 0.3) is 0 Å². The van der Waals surface area contributed by atoms with Gasteiger partial charge < -0.3 is 5.32 Å². The zero-order valence-corrected chi connectivity index (χ0v) is 11.2. The molecule has 0 aliphatic heterocycles. The summed E-state index contributed by atoms with van der Waals surface area (Å²) in [7, 11) is 0. The van der Waals surface area contributed by atoms with E-state index in [2.05, 4.69) is 20.3 Å². The molecule has 1 aromatic rings. The lowest BCUT2D eigenvalue weighted by Crippen LogP contribution is -2.17. The predicted molar refractivity (Wildman–Crippen MR) is 69.3 cm³/mol. The largest absolute Gasteiger partial charge is 0.351 e. The molecule has 1 N–H and O–H groups in total. The van der Waals surface area contributed by atoms with Gasteiger partial charge in [-0.2, -0.15) is 15.0 Å². The minimum atomic E-state index is 0.548. The molecule has 1 saturated carbocycles. The molecule has 0 aromatic carbocycles. The van der Waals surface area contributed by atoms with E-state index >= 15 is 0 Å². The third-order valence-corrected chi connectivity index (χ3v) is 3.74. The molecular weight excluding hydrogens is 240 g/mol. The average molecular weight is 256 g/mol. The molecule has 6 heteroatoms. The van der Waals surface area contributed by atoms with Crippen LogP contribution in [0.3, 0.4) is 0 Å². The van der Waals surface area contributed by atoms with E-state index in [0.717, 1.165) is 16.3 Å². The van der Waals surface area contributed by atoms with Crippen LogP contribution >= 0.6 is 23.5 Å². The highest BCUT2D eigenvalue weighted by atomic mass is 32.2. The van der Waals surface area contributed by atoms with Crippen molar-refractivity contribution in [2.24, 2.45) is 0 Å². The summed E-state index contributed by atoms with van der Waals surface area (Å²) < 4.78 is 0. The molecule has 4 nitrogen and oxygen atoms in total. The van der Waals surface area contributed by atoms with Gasteiger partial charge in [0.15, 0.2) is 10.3 Å². The lowest BCUT2D eigenvalue weighted by molar-refractivity contribution is 0.719. The SMILES string of the molecule is CSc1nc(NC2CCCC2)nc(SC)n1. The van der Waals surface area contributed by atoms with Crippen LogP contribution in [0.1, 0.15) is 25.7 Å². The van der Waals surface area contributed by atoms with Gasteiger partial charge in [-0.1, -0.05) is 36.4 Å². The van der Waals surface area contributed by atoms with Crippen molar-refractivity contribution >= 4 is 29.5 Å². The molecule has 0 spiro atoms. The molecule has 0 atom stereocenters. The normalized spacial score (nSPS) is 16.6. The van der Waals surface area contributed by atoms with Crippen LogP contribution in [-0.4, -0.2) is 33.5 Å². The van der Waals surface area contributed by atoms with E-state index < -0.39 is 0 Å². The van der Waals surface area contributed by atoms with Crippen molar-refractivity contribution in [1.82, 2.24) is 15.0 Å². The topological polar surface area (TPSA) is 50.7 Å². The number of anilines is 1. The predicted octanol–water partition coefficient (Wildman–Crippen LogP) is 2.67. The molecular formula is C10H16N4S2. The molecule has 1 heterocycles. The maximum atomic E-state index is 4.38. The summed E-state index contributed by atoms with van der Waals surface area (Å²) in [5.74, 6) is 0.732. The summed E-state index contributed by atoms with van der Waals surface area (Å²) in [5, 5.41) is 4.98. The Hall–Kier alpha value is -0.490. The van der Waals surface area contributed by atoms with E-state index in [0.29, 0.717) is 6.04 Å². The maximum absolute atomic E-state index is 4.38. The second-order valence-electron chi connectivity index (χ2n) is 3.76. The summed E-state index contributed by atoms with van der Waals surface area (Å²) >= 11 is 3.11. The summed E-state index contributed by atoms with van der Waals surface area (Å²) in [6.07, 6.45) is 9.06. The van der Waals surface area contributed by atoms with E-state index in [9.17, 15) is 0 Å². The molecule has 0 amide bonds. The molecule has 1 fully saturated rings. The Balaban J connectivity index is 2.12.